The minimum atomic E-state index is -0.359. The zero-order valence-corrected chi connectivity index (χ0v) is 7.55. The van der Waals surface area contributed by atoms with Crippen LogP contribution in [-0.2, 0) is 9.59 Å². The summed E-state index contributed by atoms with van der Waals surface area (Å²) < 4.78 is 0. The Bertz CT molecular complexity index is 313. The van der Waals surface area contributed by atoms with Gasteiger partial charge in [0.05, 0.1) is 17.1 Å². The fraction of sp³-hybridized carbons (Fsp3) is 0.778. The Kier molecular flexibility index (Phi) is 1.39. The van der Waals surface area contributed by atoms with E-state index in [4.69, 9.17) is 0 Å². The first-order valence-electron chi connectivity index (χ1n) is 4.95. The fourth-order valence-corrected chi connectivity index (χ4v) is 3.47. The summed E-state index contributed by atoms with van der Waals surface area (Å²) >= 11 is 0. The van der Waals surface area contributed by atoms with Crippen molar-refractivity contribution in [1.82, 2.24) is 5.01 Å². The minimum absolute atomic E-state index is 0.223. The van der Waals surface area contributed by atoms with E-state index in [1.807, 2.05) is 0 Å². The number of nitroso groups, excluding NO2 is 1. The van der Waals surface area contributed by atoms with Gasteiger partial charge in [-0.25, -0.2) is 0 Å². The summed E-state index contributed by atoms with van der Waals surface area (Å²) in [6, 6.07) is 0. The molecule has 0 aromatic rings. The Morgan fingerprint density at radius 3 is 2.00 bits per heavy atom. The van der Waals surface area contributed by atoms with Crippen LogP contribution in [0.3, 0.4) is 0 Å². The number of carbonyl (C=O) groups excluding carboxylic acids is 2. The van der Waals surface area contributed by atoms with Gasteiger partial charge in [-0.15, -0.1) is 9.92 Å². The van der Waals surface area contributed by atoms with Crippen molar-refractivity contribution in [1.29, 1.82) is 0 Å². The van der Waals surface area contributed by atoms with E-state index >= 15 is 0 Å². The zero-order chi connectivity index (χ0) is 9.87. The first-order chi connectivity index (χ1) is 6.74. The Morgan fingerprint density at radius 2 is 1.57 bits per heavy atom. The van der Waals surface area contributed by atoms with Gasteiger partial charge in [0.25, 0.3) is 11.8 Å². The molecule has 2 saturated carbocycles. The summed E-state index contributed by atoms with van der Waals surface area (Å²) in [5.41, 5.74) is 0. The zero-order valence-electron chi connectivity index (χ0n) is 7.55. The molecule has 0 spiro atoms. The molecule has 1 aliphatic heterocycles. The minimum Gasteiger partial charge on any atom is -0.272 e. The molecule has 3 rings (SSSR count). The standard InChI is InChI=1S/C9H10N2O3/c12-8-6-4-1-2-5(3-4)7(6)9(13)11(8)10-14/h4-7H,1-3H2/t4-,5+,6+,7-. The predicted octanol–water partition coefficient (Wildman–Crippen LogP) is 0.699. The van der Waals surface area contributed by atoms with E-state index in [0.717, 1.165) is 19.3 Å². The Labute approximate surface area is 80.4 Å². The summed E-state index contributed by atoms with van der Waals surface area (Å²) in [5.74, 6) is -0.510. The van der Waals surface area contributed by atoms with Crippen molar-refractivity contribution in [3.05, 3.63) is 4.91 Å². The molecule has 1 saturated heterocycles. The number of amides is 2. The van der Waals surface area contributed by atoms with Gasteiger partial charge in [-0.1, -0.05) is 0 Å². The lowest BCUT2D eigenvalue weighted by molar-refractivity contribution is -0.140. The van der Waals surface area contributed by atoms with Crippen LogP contribution >= 0.6 is 0 Å². The lowest BCUT2D eigenvalue weighted by Crippen LogP contribution is -2.27. The van der Waals surface area contributed by atoms with Crippen LogP contribution in [0.2, 0.25) is 0 Å². The fourth-order valence-electron chi connectivity index (χ4n) is 3.47. The smallest absolute Gasteiger partial charge is 0.256 e. The lowest BCUT2D eigenvalue weighted by atomic mass is 9.81. The van der Waals surface area contributed by atoms with Gasteiger partial charge in [0.15, 0.2) is 0 Å². The third-order valence-electron chi connectivity index (χ3n) is 3.99. The molecule has 0 aromatic carbocycles. The lowest BCUT2D eigenvalue weighted by Gasteiger charge is -2.18. The van der Waals surface area contributed by atoms with Crippen molar-refractivity contribution >= 4 is 11.8 Å². The molecule has 5 nitrogen and oxygen atoms in total. The van der Waals surface area contributed by atoms with Crippen LogP contribution in [0.1, 0.15) is 19.3 Å². The SMILES string of the molecule is O=NN1C(=O)[C@@H]2[C@H]3CC[C@H](C3)[C@@H]2C1=O. The maximum Gasteiger partial charge on any atom is 0.256 e. The molecule has 4 atom stereocenters. The topological polar surface area (TPSA) is 66.8 Å². The highest BCUT2D eigenvalue weighted by Gasteiger charge is 2.61. The number of carbonyl (C=O) groups is 2. The molecule has 0 N–H and O–H groups in total. The number of hydrogen-bond acceptors (Lipinski definition) is 4. The summed E-state index contributed by atoms with van der Waals surface area (Å²) in [4.78, 5) is 33.6. The second kappa shape index (κ2) is 2.40. The van der Waals surface area contributed by atoms with Crippen molar-refractivity contribution in [2.45, 2.75) is 19.3 Å². The molecular weight excluding hydrogens is 184 g/mol. The summed E-state index contributed by atoms with van der Waals surface area (Å²) in [7, 11) is 0. The van der Waals surface area contributed by atoms with Crippen molar-refractivity contribution in [3.63, 3.8) is 0 Å². The molecule has 0 radical (unpaired) electrons. The number of fused-ring (bicyclic) bond motifs is 5. The van der Waals surface area contributed by atoms with Crippen molar-refractivity contribution in [2.75, 3.05) is 0 Å². The number of nitrogens with zero attached hydrogens (tertiary/aromatic N) is 2. The van der Waals surface area contributed by atoms with Crippen molar-refractivity contribution in [2.24, 2.45) is 29.0 Å². The van der Waals surface area contributed by atoms with Gasteiger partial charge >= 0.3 is 0 Å². The highest BCUT2D eigenvalue weighted by atomic mass is 16.3. The highest BCUT2D eigenvalue weighted by Crippen LogP contribution is 2.56. The molecule has 3 fully saturated rings. The third-order valence-corrected chi connectivity index (χ3v) is 3.99. The van der Waals surface area contributed by atoms with E-state index in [2.05, 4.69) is 5.29 Å². The predicted molar refractivity (Wildman–Crippen MR) is 45.5 cm³/mol. The molecule has 1 heterocycles. The largest absolute Gasteiger partial charge is 0.272 e. The molecular formula is C9H10N2O3. The Hall–Kier alpha value is -1.26. The third kappa shape index (κ3) is 0.715. The highest BCUT2D eigenvalue weighted by molar-refractivity contribution is 6.05. The summed E-state index contributed by atoms with van der Waals surface area (Å²) in [6.07, 6.45) is 3.04. The average Bonchev–Trinajstić information content (AvgIpc) is 2.80. The van der Waals surface area contributed by atoms with Crippen LogP contribution in [0.4, 0.5) is 0 Å². The van der Waals surface area contributed by atoms with Crippen LogP contribution in [0.25, 0.3) is 0 Å². The first-order valence-corrected chi connectivity index (χ1v) is 4.95. The van der Waals surface area contributed by atoms with E-state index in [-0.39, 0.29) is 23.7 Å². The van der Waals surface area contributed by atoms with Crippen LogP contribution in [-0.4, -0.2) is 16.8 Å². The monoisotopic (exact) mass is 194 g/mol. The average molecular weight is 194 g/mol. The Morgan fingerprint density at radius 1 is 1.07 bits per heavy atom. The van der Waals surface area contributed by atoms with Gasteiger partial charge in [0.1, 0.15) is 0 Å². The number of rotatable bonds is 1. The summed E-state index contributed by atoms with van der Waals surface area (Å²) in [6.45, 7) is 0. The molecule has 14 heavy (non-hydrogen) atoms. The van der Waals surface area contributed by atoms with Crippen molar-refractivity contribution in [3.8, 4) is 0 Å². The molecule has 0 unspecified atom stereocenters. The van der Waals surface area contributed by atoms with Gasteiger partial charge in [0.2, 0.25) is 0 Å². The number of imide groups is 1. The van der Waals surface area contributed by atoms with E-state index in [9.17, 15) is 14.5 Å². The maximum atomic E-state index is 11.6. The van der Waals surface area contributed by atoms with E-state index in [1.165, 1.54) is 0 Å². The maximum absolute atomic E-state index is 11.6. The molecule has 2 bridgehead atoms. The molecule has 0 aromatic heterocycles. The number of hydrogen-bond donors (Lipinski definition) is 0. The molecule has 5 heteroatoms. The van der Waals surface area contributed by atoms with Crippen LogP contribution in [0, 0.1) is 28.6 Å². The van der Waals surface area contributed by atoms with E-state index in [0.29, 0.717) is 16.8 Å². The normalized spacial score (nSPS) is 44.7. The first kappa shape index (κ1) is 8.08. The van der Waals surface area contributed by atoms with Gasteiger partial charge in [-0.2, -0.15) is 0 Å². The second-order valence-corrected chi connectivity index (χ2v) is 4.45. The van der Waals surface area contributed by atoms with Gasteiger partial charge in [0, 0.05) is 0 Å². The Balaban J connectivity index is 2.02. The molecule has 74 valence electrons. The quantitative estimate of drug-likeness (QED) is 0.455. The van der Waals surface area contributed by atoms with Gasteiger partial charge in [-0.05, 0) is 31.1 Å². The van der Waals surface area contributed by atoms with Crippen LogP contribution in [0.5, 0.6) is 0 Å². The summed E-state index contributed by atoms with van der Waals surface area (Å²) in [5, 5.41) is 3.05. The van der Waals surface area contributed by atoms with Gasteiger partial charge < -0.3 is 0 Å². The van der Waals surface area contributed by atoms with E-state index in [1.54, 1.807) is 0 Å². The van der Waals surface area contributed by atoms with Crippen LogP contribution in [0.15, 0.2) is 5.29 Å². The second-order valence-electron chi connectivity index (χ2n) is 4.45. The van der Waals surface area contributed by atoms with E-state index < -0.39 is 0 Å². The van der Waals surface area contributed by atoms with Crippen molar-refractivity contribution < 1.29 is 9.59 Å². The molecule has 2 aliphatic carbocycles. The van der Waals surface area contributed by atoms with Crippen LogP contribution < -0.4 is 0 Å². The van der Waals surface area contributed by atoms with Gasteiger partial charge in [-0.3, -0.25) is 9.59 Å². The molecule has 3 aliphatic rings. The molecule has 2 amide bonds.